The van der Waals surface area contributed by atoms with Crippen molar-refractivity contribution >= 4 is 10.2 Å². The zero-order valence-corrected chi connectivity index (χ0v) is 14.6. The molecule has 124 valence electrons. The molecule has 2 rings (SSSR count). The molecule has 0 amide bonds. The molecule has 1 aliphatic heterocycles. The summed E-state index contributed by atoms with van der Waals surface area (Å²) in [6, 6.07) is 7.51. The summed E-state index contributed by atoms with van der Waals surface area (Å²) in [5, 5.41) is 0. The predicted octanol–water partition coefficient (Wildman–Crippen LogP) is 2.35. The van der Waals surface area contributed by atoms with Crippen LogP contribution in [0.5, 0.6) is 5.75 Å². The van der Waals surface area contributed by atoms with Crippen LogP contribution >= 0.6 is 0 Å². The number of methoxy groups -OCH3 is 1. The number of hydrogen-bond donors (Lipinski definition) is 0. The summed E-state index contributed by atoms with van der Waals surface area (Å²) in [5.41, 5.74) is 0.920. The molecular formula is C16H26N2O3S. The average molecular weight is 326 g/mol. The van der Waals surface area contributed by atoms with Crippen LogP contribution in [-0.4, -0.2) is 44.3 Å². The fourth-order valence-corrected chi connectivity index (χ4v) is 4.69. The van der Waals surface area contributed by atoms with Crippen molar-refractivity contribution in [1.82, 2.24) is 8.61 Å². The first-order valence-electron chi connectivity index (χ1n) is 7.67. The quantitative estimate of drug-likeness (QED) is 0.834. The number of rotatable bonds is 5. The highest BCUT2D eigenvalue weighted by Gasteiger charge is 2.33. The molecule has 2 unspecified atom stereocenters. The van der Waals surface area contributed by atoms with Crippen LogP contribution in [0.4, 0.5) is 0 Å². The maximum Gasteiger partial charge on any atom is 0.282 e. The van der Waals surface area contributed by atoms with Gasteiger partial charge in [0.15, 0.2) is 0 Å². The summed E-state index contributed by atoms with van der Waals surface area (Å²) in [7, 11) is -0.175. The number of benzene rings is 1. The molecule has 1 aromatic rings. The zero-order valence-electron chi connectivity index (χ0n) is 13.8. The molecule has 0 saturated carbocycles. The van der Waals surface area contributed by atoms with Crippen molar-refractivity contribution in [3.8, 4) is 5.75 Å². The smallest absolute Gasteiger partial charge is 0.282 e. The molecule has 1 aliphatic rings. The fraction of sp³-hybridized carbons (Fsp3) is 0.625. The molecule has 0 N–H and O–H groups in total. The monoisotopic (exact) mass is 326 g/mol. The number of piperidine rings is 1. The Kier molecular flexibility index (Phi) is 5.47. The first kappa shape index (κ1) is 17.2. The van der Waals surface area contributed by atoms with Crippen LogP contribution in [0.25, 0.3) is 0 Å². The van der Waals surface area contributed by atoms with Crippen LogP contribution in [-0.2, 0) is 16.8 Å². The molecule has 0 bridgehead atoms. The summed E-state index contributed by atoms with van der Waals surface area (Å²) in [6.45, 7) is 5.78. The minimum atomic E-state index is -3.42. The highest BCUT2D eigenvalue weighted by Crippen LogP contribution is 2.25. The molecule has 5 nitrogen and oxygen atoms in total. The van der Waals surface area contributed by atoms with Gasteiger partial charge in [-0.2, -0.15) is 17.0 Å². The Hall–Kier alpha value is -1.11. The van der Waals surface area contributed by atoms with Crippen LogP contribution < -0.4 is 4.74 Å². The van der Waals surface area contributed by atoms with Crippen molar-refractivity contribution in [2.24, 2.45) is 11.8 Å². The van der Waals surface area contributed by atoms with Gasteiger partial charge in [-0.05, 0) is 36.0 Å². The molecule has 0 radical (unpaired) electrons. The third-order valence-electron chi connectivity index (χ3n) is 4.09. The molecule has 1 aromatic carbocycles. The van der Waals surface area contributed by atoms with E-state index in [1.165, 1.54) is 4.31 Å². The minimum absolute atomic E-state index is 0.346. The highest BCUT2D eigenvalue weighted by molar-refractivity contribution is 7.86. The van der Waals surface area contributed by atoms with Crippen LogP contribution in [0, 0.1) is 11.8 Å². The van der Waals surface area contributed by atoms with Crippen molar-refractivity contribution in [2.45, 2.75) is 26.8 Å². The summed E-state index contributed by atoms with van der Waals surface area (Å²) in [4.78, 5) is 0. The Morgan fingerprint density at radius 2 is 1.91 bits per heavy atom. The Morgan fingerprint density at radius 1 is 1.27 bits per heavy atom. The summed E-state index contributed by atoms with van der Waals surface area (Å²) in [6.07, 6.45) is 1.09. The number of ether oxygens (including phenoxy) is 1. The van der Waals surface area contributed by atoms with Crippen LogP contribution in [0.3, 0.4) is 0 Å². The van der Waals surface area contributed by atoms with Gasteiger partial charge in [0.05, 0.1) is 7.11 Å². The second-order valence-electron chi connectivity index (χ2n) is 6.38. The topological polar surface area (TPSA) is 49.9 Å². The van der Waals surface area contributed by atoms with Crippen LogP contribution in [0.1, 0.15) is 25.8 Å². The van der Waals surface area contributed by atoms with Gasteiger partial charge in [-0.1, -0.05) is 26.0 Å². The SMILES string of the molecule is COc1cccc(CN(C)S(=O)(=O)N2CC(C)CC(C)C2)c1. The van der Waals surface area contributed by atoms with E-state index in [0.717, 1.165) is 17.7 Å². The second kappa shape index (κ2) is 6.98. The molecule has 0 aromatic heterocycles. The largest absolute Gasteiger partial charge is 0.497 e. The van der Waals surface area contributed by atoms with Gasteiger partial charge in [-0.3, -0.25) is 0 Å². The van der Waals surface area contributed by atoms with Gasteiger partial charge in [0.2, 0.25) is 0 Å². The molecule has 0 aliphatic carbocycles. The highest BCUT2D eigenvalue weighted by atomic mass is 32.2. The van der Waals surface area contributed by atoms with E-state index in [0.29, 0.717) is 31.5 Å². The fourth-order valence-electron chi connectivity index (χ4n) is 3.10. The Labute approximate surface area is 134 Å². The van der Waals surface area contributed by atoms with Gasteiger partial charge in [0.25, 0.3) is 10.2 Å². The Morgan fingerprint density at radius 3 is 2.50 bits per heavy atom. The molecule has 1 fully saturated rings. The molecule has 22 heavy (non-hydrogen) atoms. The van der Waals surface area contributed by atoms with E-state index < -0.39 is 10.2 Å². The predicted molar refractivity (Wildman–Crippen MR) is 87.9 cm³/mol. The van der Waals surface area contributed by atoms with Crippen LogP contribution in [0.15, 0.2) is 24.3 Å². The Bertz CT molecular complexity index is 593. The van der Waals surface area contributed by atoms with Crippen molar-refractivity contribution in [3.63, 3.8) is 0 Å². The standard InChI is InChI=1S/C16H26N2O3S/c1-13-8-14(2)11-18(10-13)22(19,20)17(3)12-15-6-5-7-16(9-15)21-4/h5-7,9,13-14H,8,10-12H2,1-4H3. The third-order valence-corrected chi connectivity index (χ3v) is 5.96. The molecule has 2 atom stereocenters. The van der Waals surface area contributed by atoms with Gasteiger partial charge in [-0.15, -0.1) is 0 Å². The van der Waals surface area contributed by atoms with Crippen molar-refractivity contribution in [1.29, 1.82) is 0 Å². The molecule has 6 heteroatoms. The first-order valence-corrected chi connectivity index (χ1v) is 9.07. The van der Waals surface area contributed by atoms with Gasteiger partial charge in [-0.25, -0.2) is 0 Å². The van der Waals surface area contributed by atoms with Crippen LogP contribution in [0.2, 0.25) is 0 Å². The van der Waals surface area contributed by atoms with E-state index in [9.17, 15) is 8.42 Å². The maximum absolute atomic E-state index is 12.8. The van der Waals surface area contributed by atoms with E-state index in [4.69, 9.17) is 4.74 Å². The normalized spacial score (nSPS) is 23.7. The minimum Gasteiger partial charge on any atom is -0.497 e. The summed E-state index contributed by atoms with van der Waals surface area (Å²) in [5.74, 6) is 1.55. The lowest BCUT2D eigenvalue weighted by atomic mass is 9.94. The number of nitrogens with zero attached hydrogens (tertiary/aromatic N) is 2. The van der Waals surface area contributed by atoms with Gasteiger partial charge >= 0.3 is 0 Å². The van der Waals surface area contributed by atoms with Crippen molar-refractivity contribution < 1.29 is 13.2 Å². The lowest BCUT2D eigenvalue weighted by molar-refractivity contribution is 0.211. The third kappa shape index (κ3) is 4.00. The van der Waals surface area contributed by atoms with Gasteiger partial charge in [0.1, 0.15) is 5.75 Å². The van der Waals surface area contributed by atoms with E-state index in [2.05, 4.69) is 13.8 Å². The maximum atomic E-state index is 12.8. The van der Waals surface area contributed by atoms with E-state index >= 15 is 0 Å². The van der Waals surface area contributed by atoms with Crippen molar-refractivity contribution in [3.05, 3.63) is 29.8 Å². The summed E-state index contributed by atoms with van der Waals surface area (Å²) >= 11 is 0. The zero-order chi connectivity index (χ0) is 16.3. The lowest BCUT2D eigenvalue weighted by Gasteiger charge is -2.36. The molecule has 1 saturated heterocycles. The van der Waals surface area contributed by atoms with Crippen molar-refractivity contribution in [2.75, 3.05) is 27.2 Å². The Balaban J connectivity index is 2.11. The average Bonchev–Trinajstić information content (AvgIpc) is 2.46. The van der Waals surface area contributed by atoms with Gasteiger partial charge in [0, 0.05) is 26.7 Å². The second-order valence-corrected chi connectivity index (χ2v) is 8.41. The first-order chi connectivity index (χ1) is 10.3. The summed E-state index contributed by atoms with van der Waals surface area (Å²) < 4.78 is 33.7. The van der Waals surface area contributed by atoms with E-state index in [1.807, 2.05) is 24.3 Å². The molecular weight excluding hydrogens is 300 g/mol. The van der Waals surface area contributed by atoms with E-state index in [1.54, 1.807) is 18.5 Å². The lowest BCUT2D eigenvalue weighted by Crippen LogP contribution is -2.48. The van der Waals surface area contributed by atoms with Gasteiger partial charge < -0.3 is 4.74 Å². The molecule has 0 spiro atoms. The molecule has 1 heterocycles. The number of hydrogen-bond acceptors (Lipinski definition) is 3. The van der Waals surface area contributed by atoms with E-state index in [-0.39, 0.29) is 0 Å².